The second-order valence-electron chi connectivity index (χ2n) is 4.36. The molecule has 0 radical (unpaired) electrons. The van der Waals surface area contributed by atoms with E-state index in [0.717, 1.165) is 35.0 Å². The lowest BCUT2D eigenvalue weighted by molar-refractivity contribution is 0.329. The van der Waals surface area contributed by atoms with Gasteiger partial charge >= 0.3 is 0 Å². The first-order valence-electron chi connectivity index (χ1n) is 5.69. The largest absolute Gasteiger partial charge is 0.307 e. The highest BCUT2D eigenvalue weighted by Gasteiger charge is 2.18. The molecule has 90 valence electrons. The summed E-state index contributed by atoms with van der Waals surface area (Å²) in [4.78, 5) is 0. The maximum Gasteiger partial charge on any atom is 0.0451 e. The van der Waals surface area contributed by atoms with Crippen molar-refractivity contribution in [3.05, 3.63) is 33.8 Å². The number of hydrogen-bond donors (Lipinski definition) is 1. The summed E-state index contributed by atoms with van der Waals surface area (Å²) in [5, 5.41) is 5.04. The molecule has 1 aromatic carbocycles. The van der Waals surface area contributed by atoms with Gasteiger partial charge in [0.25, 0.3) is 0 Å². The molecule has 0 amide bonds. The molecule has 0 atom stereocenters. The van der Waals surface area contributed by atoms with E-state index in [1.807, 2.05) is 18.2 Å². The Hall–Kier alpha value is -0.240. The third kappa shape index (κ3) is 3.65. The number of hydrogen-bond acceptors (Lipinski definition) is 1. The van der Waals surface area contributed by atoms with E-state index in [4.69, 9.17) is 23.2 Å². The first-order chi connectivity index (χ1) is 7.50. The van der Waals surface area contributed by atoms with Gasteiger partial charge < -0.3 is 5.32 Å². The maximum atomic E-state index is 6.11. The van der Waals surface area contributed by atoms with Crippen molar-refractivity contribution in [2.45, 2.75) is 45.7 Å². The minimum absolute atomic E-state index is 0.172. The van der Waals surface area contributed by atoms with Gasteiger partial charge in [-0.1, -0.05) is 37.0 Å². The van der Waals surface area contributed by atoms with Crippen LogP contribution in [0.1, 0.15) is 39.2 Å². The van der Waals surface area contributed by atoms with E-state index in [9.17, 15) is 0 Å². The van der Waals surface area contributed by atoms with Crippen LogP contribution in [0.2, 0.25) is 10.0 Å². The van der Waals surface area contributed by atoms with Crippen molar-refractivity contribution in [2.75, 3.05) is 0 Å². The Bertz CT molecular complexity index is 346. The highest BCUT2D eigenvalue weighted by atomic mass is 35.5. The Balaban J connectivity index is 2.70. The fraction of sp³-hybridized carbons (Fsp3) is 0.538. The average molecular weight is 260 g/mol. The fourth-order valence-electron chi connectivity index (χ4n) is 1.49. The molecule has 0 saturated heterocycles. The molecular formula is C13H19Cl2N. The molecule has 1 rings (SSSR count). The van der Waals surface area contributed by atoms with E-state index >= 15 is 0 Å². The maximum absolute atomic E-state index is 6.11. The summed E-state index contributed by atoms with van der Waals surface area (Å²) in [5.74, 6) is 0. The Labute approximate surface area is 108 Å². The normalized spacial score (nSPS) is 11.8. The van der Waals surface area contributed by atoms with Gasteiger partial charge in [0.15, 0.2) is 0 Å². The van der Waals surface area contributed by atoms with E-state index in [0.29, 0.717) is 0 Å². The Kier molecular flexibility index (Phi) is 5.10. The van der Waals surface area contributed by atoms with Crippen LogP contribution in [0.4, 0.5) is 0 Å². The van der Waals surface area contributed by atoms with Gasteiger partial charge in [-0.15, -0.1) is 0 Å². The first-order valence-corrected chi connectivity index (χ1v) is 6.45. The predicted molar refractivity (Wildman–Crippen MR) is 72.3 cm³/mol. The second kappa shape index (κ2) is 5.90. The second-order valence-corrected chi connectivity index (χ2v) is 5.20. The van der Waals surface area contributed by atoms with Crippen LogP contribution in [-0.4, -0.2) is 5.54 Å². The average Bonchev–Trinajstić information content (AvgIpc) is 2.30. The third-order valence-corrected chi connectivity index (χ3v) is 3.88. The number of benzene rings is 1. The summed E-state index contributed by atoms with van der Waals surface area (Å²) in [6, 6.07) is 5.57. The Morgan fingerprint density at radius 2 is 1.81 bits per heavy atom. The van der Waals surface area contributed by atoms with Gasteiger partial charge in [0.1, 0.15) is 0 Å². The molecule has 0 saturated carbocycles. The monoisotopic (exact) mass is 259 g/mol. The zero-order valence-corrected chi connectivity index (χ0v) is 11.6. The number of halogens is 2. The van der Waals surface area contributed by atoms with Crippen LogP contribution in [0.15, 0.2) is 18.2 Å². The van der Waals surface area contributed by atoms with Crippen LogP contribution in [0.5, 0.6) is 0 Å². The molecule has 3 heteroatoms. The lowest BCUT2D eigenvalue weighted by Gasteiger charge is -2.28. The molecule has 0 aliphatic heterocycles. The Morgan fingerprint density at radius 3 is 2.38 bits per heavy atom. The zero-order chi connectivity index (χ0) is 12.2. The van der Waals surface area contributed by atoms with Gasteiger partial charge in [0.05, 0.1) is 0 Å². The summed E-state index contributed by atoms with van der Waals surface area (Å²) in [6.07, 6.45) is 2.20. The first kappa shape index (κ1) is 13.8. The molecule has 1 aromatic rings. The summed E-state index contributed by atoms with van der Waals surface area (Å²) < 4.78 is 0. The van der Waals surface area contributed by atoms with Crippen molar-refractivity contribution in [3.8, 4) is 0 Å². The molecule has 1 N–H and O–H groups in total. The van der Waals surface area contributed by atoms with Crippen LogP contribution < -0.4 is 5.32 Å². The number of nitrogens with one attached hydrogen (secondary N) is 1. The summed E-state index contributed by atoms with van der Waals surface area (Å²) in [7, 11) is 0. The highest BCUT2D eigenvalue weighted by Crippen LogP contribution is 2.22. The van der Waals surface area contributed by atoms with Crippen LogP contribution in [0.25, 0.3) is 0 Å². The molecule has 0 unspecified atom stereocenters. The van der Waals surface area contributed by atoms with Gasteiger partial charge in [-0.3, -0.25) is 0 Å². The third-order valence-electron chi connectivity index (χ3n) is 3.27. The zero-order valence-electron chi connectivity index (χ0n) is 10.1. The predicted octanol–water partition coefficient (Wildman–Crippen LogP) is 4.66. The van der Waals surface area contributed by atoms with Crippen LogP contribution >= 0.6 is 23.2 Å². The van der Waals surface area contributed by atoms with Crippen LogP contribution in [0.3, 0.4) is 0 Å². The standard InChI is InChI=1S/C13H19Cl2N/c1-4-13(3,5-2)16-9-10-8-11(14)6-7-12(10)15/h6-8,16H,4-5,9H2,1-3H3. The van der Waals surface area contributed by atoms with Gasteiger partial charge in [0.2, 0.25) is 0 Å². The lowest BCUT2D eigenvalue weighted by Crippen LogP contribution is -2.40. The van der Waals surface area contributed by atoms with E-state index in [1.165, 1.54) is 0 Å². The SMILES string of the molecule is CCC(C)(CC)NCc1cc(Cl)ccc1Cl. The van der Waals surface area contributed by atoms with E-state index in [2.05, 4.69) is 26.1 Å². The lowest BCUT2D eigenvalue weighted by atomic mass is 9.95. The topological polar surface area (TPSA) is 12.0 Å². The van der Waals surface area contributed by atoms with Crippen molar-refractivity contribution in [2.24, 2.45) is 0 Å². The molecular weight excluding hydrogens is 241 g/mol. The van der Waals surface area contributed by atoms with Crippen molar-refractivity contribution in [1.82, 2.24) is 5.32 Å². The van der Waals surface area contributed by atoms with Gasteiger partial charge in [0, 0.05) is 22.1 Å². The molecule has 0 aliphatic carbocycles. The van der Waals surface area contributed by atoms with Gasteiger partial charge in [-0.25, -0.2) is 0 Å². The molecule has 1 nitrogen and oxygen atoms in total. The van der Waals surface area contributed by atoms with E-state index in [1.54, 1.807) is 0 Å². The molecule has 0 spiro atoms. The molecule has 0 aromatic heterocycles. The smallest absolute Gasteiger partial charge is 0.0451 e. The van der Waals surface area contributed by atoms with Crippen molar-refractivity contribution in [3.63, 3.8) is 0 Å². The fourth-order valence-corrected chi connectivity index (χ4v) is 1.87. The molecule has 0 fully saturated rings. The van der Waals surface area contributed by atoms with Crippen molar-refractivity contribution in [1.29, 1.82) is 0 Å². The summed E-state index contributed by atoms with van der Waals surface area (Å²) in [6.45, 7) is 7.37. The van der Waals surface area contributed by atoms with Crippen LogP contribution in [-0.2, 0) is 6.54 Å². The van der Waals surface area contributed by atoms with Crippen molar-refractivity contribution >= 4 is 23.2 Å². The molecule has 0 heterocycles. The van der Waals surface area contributed by atoms with E-state index < -0.39 is 0 Å². The highest BCUT2D eigenvalue weighted by molar-refractivity contribution is 6.33. The summed E-state index contributed by atoms with van der Waals surface area (Å²) >= 11 is 12.1. The molecule has 0 bridgehead atoms. The minimum atomic E-state index is 0.172. The van der Waals surface area contributed by atoms with Crippen LogP contribution in [0, 0.1) is 0 Å². The minimum Gasteiger partial charge on any atom is -0.307 e. The van der Waals surface area contributed by atoms with Crippen molar-refractivity contribution < 1.29 is 0 Å². The van der Waals surface area contributed by atoms with Gasteiger partial charge in [-0.05, 0) is 43.5 Å². The number of rotatable bonds is 5. The van der Waals surface area contributed by atoms with Gasteiger partial charge in [-0.2, -0.15) is 0 Å². The van der Waals surface area contributed by atoms with E-state index in [-0.39, 0.29) is 5.54 Å². The molecule has 16 heavy (non-hydrogen) atoms. The Morgan fingerprint density at radius 1 is 1.19 bits per heavy atom. The summed E-state index contributed by atoms with van der Waals surface area (Å²) in [5.41, 5.74) is 1.23. The molecule has 0 aliphatic rings. The quantitative estimate of drug-likeness (QED) is 0.811.